The molecule has 0 aliphatic heterocycles. The van der Waals surface area contributed by atoms with Crippen LogP contribution in [0.1, 0.15) is 13.3 Å². The molecular weight excluding hydrogens is 207 g/mol. The van der Waals surface area contributed by atoms with Crippen LogP contribution < -0.4 is 10.2 Å². The summed E-state index contributed by atoms with van der Waals surface area (Å²) in [5.74, 6) is -0.351. The number of anilines is 1. The molecule has 0 spiro atoms. The molecule has 0 bridgehead atoms. The van der Waals surface area contributed by atoms with Crippen molar-refractivity contribution in [3.05, 3.63) is 30.1 Å². The third-order valence-corrected chi connectivity index (χ3v) is 2.34. The van der Waals surface area contributed by atoms with Crippen molar-refractivity contribution in [1.29, 1.82) is 0 Å². The first-order chi connectivity index (χ1) is 7.65. The summed E-state index contributed by atoms with van der Waals surface area (Å²) in [6, 6.07) is 6.03. The molecule has 16 heavy (non-hydrogen) atoms. The third kappa shape index (κ3) is 3.62. The Balaban J connectivity index is 2.56. The maximum Gasteiger partial charge on any atom is 0.227 e. The van der Waals surface area contributed by atoms with E-state index in [1.54, 1.807) is 19.2 Å². The highest BCUT2D eigenvalue weighted by Crippen LogP contribution is 2.14. The van der Waals surface area contributed by atoms with E-state index in [0.717, 1.165) is 6.54 Å². The van der Waals surface area contributed by atoms with Crippen LogP contribution in [0.15, 0.2) is 24.3 Å². The Morgan fingerprint density at radius 1 is 1.50 bits per heavy atom. The molecule has 1 aromatic carbocycles. The second kappa shape index (κ2) is 6.23. The standard InChI is InChI=1S/C12H17FN2O/c1-3-14-8-7-12(16)15(2)11-6-4-5-10(13)9-11/h4-6,9,14H,3,7-8H2,1-2H3. The van der Waals surface area contributed by atoms with E-state index in [-0.39, 0.29) is 11.7 Å². The first-order valence-electron chi connectivity index (χ1n) is 5.38. The number of nitrogens with zero attached hydrogens (tertiary/aromatic N) is 1. The molecule has 0 aliphatic rings. The van der Waals surface area contributed by atoms with Crippen LogP contribution in [0.3, 0.4) is 0 Å². The Hall–Kier alpha value is -1.42. The predicted molar refractivity (Wildman–Crippen MR) is 63.0 cm³/mol. The molecule has 1 amide bonds. The third-order valence-electron chi connectivity index (χ3n) is 2.34. The average molecular weight is 224 g/mol. The van der Waals surface area contributed by atoms with Crippen LogP contribution in [0.4, 0.5) is 10.1 Å². The Kier molecular flexibility index (Phi) is 4.92. The Labute approximate surface area is 95.3 Å². The van der Waals surface area contributed by atoms with E-state index in [0.29, 0.717) is 18.7 Å². The molecule has 0 saturated carbocycles. The SMILES string of the molecule is CCNCCC(=O)N(C)c1cccc(F)c1. The first-order valence-corrected chi connectivity index (χ1v) is 5.38. The molecule has 0 radical (unpaired) electrons. The van der Waals surface area contributed by atoms with E-state index < -0.39 is 0 Å². The van der Waals surface area contributed by atoms with Gasteiger partial charge in [0.2, 0.25) is 5.91 Å². The second-order valence-corrected chi connectivity index (χ2v) is 3.54. The molecule has 88 valence electrons. The molecule has 0 fully saturated rings. The van der Waals surface area contributed by atoms with Gasteiger partial charge in [-0.05, 0) is 24.7 Å². The van der Waals surface area contributed by atoms with Gasteiger partial charge in [0.15, 0.2) is 0 Å². The maximum atomic E-state index is 12.9. The number of nitrogens with one attached hydrogen (secondary N) is 1. The molecule has 4 heteroatoms. The zero-order valence-corrected chi connectivity index (χ0v) is 9.66. The monoisotopic (exact) mass is 224 g/mol. The quantitative estimate of drug-likeness (QED) is 0.773. The van der Waals surface area contributed by atoms with Crippen LogP contribution >= 0.6 is 0 Å². The van der Waals surface area contributed by atoms with Gasteiger partial charge in [-0.15, -0.1) is 0 Å². The Bertz CT molecular complexity index is 355. The van der Waals surface area contributed by atoms with Crippen LogP contribution in [-0.4, -0.2) is 26.0 Å². The summed E-state index contributed by atoms with van der Waals surface area (Å²) in [4.78, 5) is 13.2. The zero-order chi connectivity index (χ0) is 12.0. The summed E-state index contributed by atoms with van der Waals surface area (Å²) in [6.45, 7) is 3.48. The molecule has 1 aromatic rings. The summed E-state index contributed by atoms with van der Waals surface area (Å²) in [5, 5.41) is 3.08. The lowest BCUT2D eigenvalue weighted by molar-refractivity contribution is -0.118. The number of rotatable bonds is 5. The molecule has 1 rings (SSSR count). The summed E-state index contributed by atoms with van der Waals surface area (Å²) >= 11 is 0. The molecule has 0 atom stereocenters. The van der Waals surface area contributed by atoms with E-state index in [1.165, 1.54) is 17.0 Å². The van der Waals surface area contributed by atoms with Gasteiger partial charge in [0.1, 0.15) is 5.82 Å². The highest BCUT2D eigenvalue weighted by Gasteiger charge is 2.10. The second-order valence-electron chi connectivity index (χ2n) is 3.54. The number of amides is 1. The fourth-order valence-corrected chi connectivity index (χ4v) is 1.37. The van der Waals surface area contributed by atoms with Crippen molar-refractivity contribution in [2.45, 2.75) is 13.3 Å². The molecule has 1 N–H and O–H groups in total. The molecule has 0 aromatic heterocycles. The minimum absolute atomic E-state index is 0.0217. The van der Waals surface area contributed by atoms with Gasteiger partial charge < -0.3 is 10.2 Å². The van der Waals surface area contributed by atoms with Gasteiger partial charge >= 0.3 is 0 Å². The number of hydrogen-bond acceptors (Lipinski definition) is 2. The highest BCUT2D eigenvalue weighted by atomic mass is 19.1. The number of carbonyl (C=O) groups is 1. The molecule has 0 saturated heterocycles. The highest BCUT2D eigenvalue weighted by molar-refractivity contribution is 5.92. The molecule has 0 unspecified atom stereocenters. The lowest BCUT2D eigenvalue weighted by Gasteiger charge is -2.17. The fraction of sp³-hybridized carbons (Fsp3) is 0.417. The molecule has 0 heterocycles. The zero-order valence-electron chi connectivity index (χ0n) is 9.66. The van der Waals surface area contributed by atoms with E-state index in [4.69, 9.17) is 0 Å². The van der Waals surface area contributed by atoms with Gasteiger partial charge in [-0.1, -0.05) is 13.0 Å². The van der Waals surface area contributed by atoms with Crippen molar-refractivity contribution in [3.63, 3.8) is 0 Å². The summed E-state index contributed by atoms with van der Waals surface area (Å²) < 4.78 is 12.9. The van der Waals surface area contributed by atoms with E-state index in [9.17, 15) is 9.18 Å². The Morgan fingerprint density at radius 2 is 2.25 bits per heavy atom. The number of benzene rings is 1. The first kappa shape index (κ1) is 12.6. The molecule has 3 nitrogen and oxygen atoms in total. The van der Waals surface area contributed by atoms with Crippen molar-refractivity contribution in [1.82, 2.24) is 5.32 Å². The van der Waals surface area contributed by atoms with Gasteiger partial charge in [-0.2, -0.15) is 0 Å². The van der Waals surface area contributed by atoms with Gasteiger partial charge in [0.25, 0.3) is 0 Å². The number of halogens is 1. The van der Waals surface area contributed by atoms with Gasteiger partial charge in [0, 0.05) is 25.7 Å². The van der Waals surface area contributed by atoms with Gasteiger partial charge in [0.05, 0.1) is 0 Å². The van der Waals surface area contributed by atoms with E-state index in [1.807, 2.05) is 6.92 Å². The van der Waals surface area contributed by atoms with Crippen LogP contribution in [-0.2, 0) is 4.79 Å². The number of carbonyl (C=O) groups excluding carboxylic acids is 1. The van der Waals surface area contributed by atoms with Crippen LogP contribution in [0.25, 0.3) is 0 Å². The molecule has 0 aliphatic carbocycles. The van der Waals surface area contributed by atoms with Crippen LogP contribution in [0.5, 0.6) is 0 Å². The van der Waals surface area contributed by atoms with Crippen LogP contribution in [0.2, 0.25) is 0 Å². The maximum absolute atomic E-state index is 12.9. The lowest BCUT2D eigenvalue weighted by Crippen LogP contribution is -2.29. The predicted octanol–water partition coefficient (Wildman–Crippen LogP) is 1.79. The summed E-state index contributed by atoms with van der Waals surface area (Å²) in [7, 11) is 1.66. The smallest absolute Gasteiger partial charge is 0.227 e. The minimum atomic E-state index is -0.330. The topological polar surface area (TPSA) is 32.3 Å². The fourth-order valence-electron chi connectivity index (χ4n) is 1.37. The van der Waals surface area contributed by atoms with Crippen molar-refractivity contribution < 1.29 is 9.18 Å². The minimum Gasteiger partial charge on any atom is -0.316 e. The van der Waals surface area contributed by atoms with Crippen molar-refractivity contribution >= 4 is 11.6 Å². The Morgan fingerprint density at radius 3 is 2.88 bits per heavy atom. The number of hydrogen-bond donors (Lipinski definition) is 1. The summed E-state index contributed by atoms with van der Waals surface area (Å²) in [5.41, 5.74) is 0.585. The van der Waals surface area contributed by atoms with Gasteiger partial charge in [-0.3, -0.25) is 4.79 Å². The van der Waals surface area contributed by atoms with Crippen molar-refractivity contribution in [3.8, 4) is 0 Å². The van der Waals surface area contributed by atoms with Gasteiger partial charge in [-0.25, -0.2) is 4.39 Å². The largest absolute Gasteiger partial charge is 0.316 e. The molecular formula is C12H17FN2O. The van der Waals surface area contributed by atoms with Crippen molar-refractivity contribution in [2.75, 3.05) is 25.0 Å². The average Bonchev–Trinajstić information content (AvgIpc) is 2.28. The normalized spacial score (nSPS) is 10.2. The van der Waals surface area contributed by atoms with Crippen molar-refractivity contribution in [2.24, 2.45) is 0 Å². The van der Waals surface area contributed by atoms with E-state index in [2.05, 4.69) is 5.32 Å². The summed E-state index contributed by atoms with van der Waals surface area (Å²) in [6.07, 6.45) is 0.418. The van der Waals surface area contributed by atoms with E-state index >= 15 is 0 Å². The lowest BCUT2D eigenvalue weighted by atomic mass is 10.2. The van der Waals surface area contributed by atoms with Crippen LogP contribution in [0, 0.1) is 5.82 Å².